The summed E-state index contributed by atoms with van der Waals surface area (Å²) < 4.78 is 0. The van der Waals surface area contributed by atoms with Crippen LogP contribution in [0, 0.1) is 202 Å². The molecule has 38 heteroatoms. The smallest absolute Gasteiger partial charge is 0.151 e. The molecule has 0 amide bonds. The molecule has 0 rings (SSSR count). The average molecular weight is 1840 g/mol. The predicted molar refractivity (Wildman–Crippen MR) is 259 cm³/mol. The molecule has 0 bridgehead atoms. The third-order valence-electron chi connectivity index (χ3n) is 4.38. The van der Waals surface area contributed by atoms with Crippen LogP contribution in [0.25, 0.3) is 0 Å². The summed E-state index contributed by atoms with van der Waals surface area (Å²) in [6.45, 7) is 20.4. The maximum Gasteiger partial charge on any atom is 0.151 e. The Bertz CT molecular complexity index is 436. The Hall–Kier alpha value is 5.37. The first-order chi connectivity index (χ1) is 28.2. The number of aliphatic hydroxyl groups excluding tert-OH is 13. The van der Waals surface area contributed by atoms with Crippen molar-refractivity contribution in [2.24, 2.45) is 0 Å². The van der Waals surface area contributed by atoms with Crippen LogP contribution in [0.2, 0.25) is 0 Å². The van der Waals surface area contributed by atoms with Gasteiger partial charge in [0.25, 0.3) is 0 Å². The van der Waals surface area contributed by atoms with E-state index in [2.05, 4.69) is 0 Å². The number of hydrogen-bond acceptors (Lipinski definition) is 25. The molecule has 0 saturated heterocycles. The Labute approximate surface area is 607 Å². The topological polar surface area (TPSA) is 758 Å². The first kappa shape index (κ1) is 171. The van der Waals surface area contributed by atoms with Crippen molar-refractivity contribution >= 4 is 0 Å². The van der Waals surface area contributed by atoms with Gasteiger partial charge in [0, 0.05) is 209 Å². The van der Waals surface area contributed by atoms with Crippen LogP contribution < -0.4 is 0 Å². The first-order valence-electron chi connectivity index (χ1n) is 20.0. The minimum absolute atomic E-state index is 0. The van der Waals surface area contributed by atoms with Gasteiger partial charge in [0.2, 0.25) is 0 Å². The second-order valence-electron chi connectivity index (χ2n) is 10.7. The van der Waals surface area contributed by atoms with Gasteiger partial charge < -0.3 is 171 Å². The minimum atomic E-state index is -1.12. The fourth-order valence-corrected chi connectivity index (χ4v) is 0. The van der Waals surface area contributed by atoms with E-state index in [1.165, 1.54) is 0 Å². The maximum atomic E-state index is 7.92. The van der Waals surface area contributed by atoms with Gasteiger partial charge in [0.1, 0.15) is 0 Å². The molecule has 0 fully saturated rings. The SMILES string of the molecule is CCC(O)O.CCC(O)O.CCC(O)O.CCC(O)O.CCC(O)O.CCC(O)O.CCC(O)O.CCC(O)O.CCC(O)O.CCC(O)O.CCC(O)O.CCC(O)O.CO.O.O.O.O.O.O.O.O.[Sm].[Sm].[Sm].[Sm].[Sm]. The predicted octanol–water partition coefficient (Wildman–Crippen LogP) is -10.5. The molecule has 0 aromatic carbocycles. The zero-order valence-electron chi connectivity index (χ0n) is 45.6. The Balaban J connectivity index is -0.0000000143. The second kappa shape index (κ2) is 171. The molecule has 492 valence electrons. The molecule has 0 aliphatic rings. The summed E-state index contributed by atoms with van der Waals surface area (Å²) in [6.07, 6.45) is -8.39. The van der Waals surface area contributed by atoms with Gasteiger partial charge in [-0.2, -0.15) is 0 Å². The van der Waals surface area contributed by atoms with Crippen LogP contribution in [0.3, 0.4) is 0 Å². The summed E-state index contributed by atoms with van der Waals surface area (Å²) in [6, 6.07) is 0. The molecule has 0 aromatic heterocycles. The monoisotopic (exact) mass is 1850 g/mol. The van der Waals surface area contributed by atoms with Crippen molar-refractivity contribution in [3.63, 3.8) is 0 Å². The summed E-state index contributed by atoms with van der Waals surface area (Å²) in [5, 5.41) is 197. The quantitative estimate of drug-likeness (QED) is 0.0807. The fourth-order valence-electron chi connectivity index (χ4n) is 0. The number of hydrogen-bond donors (Lipinski definition) is 25. The molecule has 75 heavy (non-hydrogen) atoms. The zero-order valence-corrected chi connectivity index (χ0v) is 58.7. The van der Waals surface area contributed by atoms with Crippen LogP contribution in [0.15, 0.2) is 0 Å². The van der Waals surface area contributed by atoms with E-state index in [4.69, 9.17) is 128 Å². The fraction of sp³-hybridized carbons (Fsp3) is 1.00. The Morgan fingerprint density at radius 2 is 0.160 bits per heavy atom. The van der Waals surface area contributed by atoms with Crippen LogP contribution >= 0.6 is 0 Å². The standard InChI is InChI=1S/12C3H8O2.CH4O.8H2O.5Sm/c12*1-2-3(4)5;1-2;;;;;;;;;;;;;/h12*3-5H,2H2,1H3;2H,1H3;8*1H2;;;;;. The number of rotatable bonds is 12. The van der Waals surface area contributed by atoms with E-state index in [1.807, 2.05) is 0 Å². The first-order valence-corrected chi connectivity index (χ1v) is 20.0. The molecule has 33 nitrogen and oxygen atoms in total. The van der Waals surface area contributed by atoms with E-state index in [-0.39, 0.29) is 246 Å². The summed E-state index contributed by atoms with van der Waals surface area (Å²) in [7, 11) is 1.00. The van der Waals surface area contributed by atoms with E-state index in [9.17, 15) is 0 Å². The summed E-state index contributed by atoms with van der Waals surface area (Å²) in [5.41, 5.74) is 0. The summed E-state index contributed by atoms with van der Waals surface area (Å²) >= 11 is 0. The molecular formula is C37H116O33Sm5. The van der Waals surface area contributed by atoms with Crippen LogP contribution in [-0.4, -0.2) is 254 Å². The van der Waals surface area contributed by atoms with Gasteiger partial charge in [-0.3, -0.25) is 0 Å². The van der Waals surface area contributed by atoms with Gasteiger partial charge in [0.05, 0.1) is 0 Å². The summed E-state index contributed by atoms with van der Waals surface area (Å²) in [4.78, 5) is 0. The maximum absolute atomic E-state index is 7.92. The minimum Gasteiger partial charge on any atom is -0.412 e. The van der Waals surface area contributed by atoms with Crippen molar-refractivity contribution in [1.29, 1.82) is 0 Å². The van der Waals surface area contributed by atoms with Crippen molar-refractivity contribution in [1.82, 2.24) is 0 Å². The van der Waals surface area contributed by atoms with Crippen molar-refractivity contribution in [2.75, 3.05) is 7.11 Å². The Morgan fingerprint density at radius 3 is 0.160 bits per heavy atom. The Kier molecular flexibility index (Phi) is 391. The molecule has 0 saturated carbocycles. The Morgan fingerprint density at radius 1 is 0.147 bits per heavy atom. The van der Waals surface area contributed by atoms with E-state index >= 15 is 0 Å². The van der Waals surface area contributed by atoms with Crippen LogP contribution in [-0.2, 0) is 0 Å². The molecule has 0 aliphatic carbocycles. The molecule has 0 aromatic rings. The van der Waals surface area contributed by atoms with Gasteiger partial charge in [-0.15, -0.1) is 0 Å². The third-order valence-corrected chi connectivity index (χ3v) is 4.38. The molecule has 0 atom stereocenters. The normalized spacial score (nSPS) is 7.76. The molecular weight excluding hydrogens is 1720 g/mol. The van der Waals surface area contributed by atoms with Gasteiger partial charge in [-0.25, -0.2) is 0 Å². The van der Waals surface area contributed by atoms with Crippen LogP contribution in [0.1, 0.15) is 160 Å². The average Bonchev–Trinajstić information content (AvgIpc) is 3.23. The van der Waals surface area contributed by atoms with Crippen LogP contribution in [0.4, 0.5) is 0 Å². The van der Waals surface area contributed by atoms with E-state index in [0.29, 0.717) is 77.0 Å². The van der Waals surface area contributed by atoms with Crippen molar-refractivity contribution < 1.29 is 373 Å². The van der Waals surface area contributed by atoms with E-state index < -0.39 is 75.5 Å². The van der Waals surface area contributed by atoms with Gasteiger partial charge >= 0.3 is 0 Å². The summed E-state index contributed by atoms with van der Waals surface area (Å²) in [5.74, 6) is 0. The van der Waals surface area contributed by atoms with Gasteiger partial charge in [-0.05, 0) is 77.0 Å². The van der Waals surface area contributed by atoms with Crippen molar-refractivity contribution in [3.05, 3.63) is 0 Å². The second-order valence-corrected chi connectivity index (χ2v) is 10.7. The van der Waals surface area contributed by atoms with Crippen molar-refractivity contribution in [3.8, 4) is 0 Å². The molecule has 0 heterocycles. The number of aliphatic hydroxyl groups is 25. The molecule has 41 N–H and O–H groups in total. The van der Waals surface area contributed by atoms with E-state index in [1.54, 1.807) is 83.1 Å². The molecule has 0 radical (unpaired) electrons. The molecule has 0 spiro atoms. The molecule has 0 aliphatic heterocycles. The third kappa shape index (κ3) is 551. The van der Waals surface area contributed by atoms with Crippen molar-refractivity contribution in [2.45, 2.75) is 236 Å². The van der Waals surface area contributed by atoms with Gasteiger partial charge in [0.15, 0.2) is 75.5 Å². The zero-order chi connectivity index (χ0) is 53.4. The van der Waals surface area contributed by atoms with E-state index in [0.717, 1.165) is 7.11 Å². The van der Waals surface area contributed by atoms with Gasteiger partial charge in [-0.1, -0.05) is 83.1 Å². The van der Waals surface area contributed by atoms with Crippen LogP contribution in [0.5, 0.6) is 0 Å². The molecule has 0 unspecified atom stereocenters. The largest absolute Gasteiger partial charge is 0.412 e.